The molecule has 0 atom stereocenters. The first-order valence-corrected chi connectivity index (χ1v) is 3.52. The van der Waals surface area contributed by atoms with Crippen LogP contribution in [-0.2, 0) is 4.79 Å². The predicted molar refractivity (Wildman–Crippen MR) is 44.5 cm³/mol. The average molecular weight is 183 g/mol. The van der Waals surface area contributed by atoms with Crippen LogP contribution in [0.15, 0.2) is 18.2 Å². The molecular formula is C8H9NO4. The molecule has 5 heteroatoms. The lowest BCUT2D eigenvalue weighted by Gasteiger charge is -2.04. The lowest BCUT2D eigenvalue weighted by molar-refractivity contribution is -0.119. The zero-order valence-electron chi connectivity index (χ0n) is 6.73. The highest BCUT2D eigenvalue weighted by Crippen LogP contribution is 2.28. The van der Waals surface area contributed by atoms with Gasteiger partial charge in [0, 0.05) is 6.07 Å². The smallest absolute Gasteiger partial charge is 0.255 e. The van der Waals surface area contributed by atoms with Crippen LogP contribution < -0.4 is 10.5 Å². The first-order chi connectivity index (χ1) is 6.09. The molecule has 70 valence electrons. The van der Waals surface area contributed by atoms with Crippen molar-refractivity contribution < 1.29 is 19.7 Å². The highest BCUT2D eigenvalue weighted by Gasteiger charge is 2.02. The second kappa shape index (κ2) is 3.66. The molecule has 0 radical (unpaired) electrons. The number of aromatic hydroxyl groups is 2. The molecule has 0 aliphatic rings. The molecule has 0 aliphatic heterocycles. The molecule has 0 spiro atoms. The number of hydrogen-bond donors (Lipinski definition) is 3. The summed E-state index contributed by atoms with van der Waals surface area (Å²) in [5.74, 6) is -0.880. The zero-order chi connectivity index (χ0) is 9.84. The Morgan fingerprint density at radius 3 is 2.62 bits per heavy atom. The van der Waals surface area contributed by atoms with Crippen molar-refractivity contribution in [2.75, 3.05) is 6.61 Å². The van der Waals surface area contributed by atoms with E-state index in [0.29, 0.717) is 0 Å². The fraction of sp³-hybridized carbons (Fsp3) is 0.125. The van der Waals surface area contributed by atoms with Crippen molar-refractivity contribution in [3.8, 4) is 17.2 Å². The Morgan fingerprint density at radius 2 is 2.08 bits per heavy atom. The van der Waals surface area contributed by atoms with E-state index in [2.05, 4.69) is 0 Å². The van der Waals surface area contributed by atoms with Gasteiger partial charge in [0.25, 0.3) is 5.91 Å². The maximum absolute atomic E-state index is 10.3. The van der Waals surface area contributed by atoms with Gasteiger partial charge >= 0.3 is 0 Å². The van der Waals surface area contributed by atoms with Crippen LogP contribution in [-0.4, -0.2) is 22.7 Å². The lowest BCUT2D eigenvalue weighted by atomic mass is 10.3. The van der Waals surface area contributed by atoms with Gasteiger partial charge in [0.1, 0.15) is 5.75 Å². The third-order valence-corrected chi connectivity index (χ3v) is 1.33. The fourth-order valence-electron chi connectivity index (χ4n) is 0.747. The molecule has 0 aliphatic carbocycles. The number of benzene rings is 1. The van der Waals surface area contributed by atoms with Crippen molar-refractivity contribution in [2.45, 2.75) is 0 Å². The predicted octanol–water partition coefficient (Wildman–Crippen LogP) is -0.0381. The summed E-state index contributed by atoms with van der Waals surface area (Å²) >= 11 is 0. The van der Waals surface area contributed by atoms with E-state index in [1.807, 2.05) is 0 Å². The topological polar surface area (TPSA) is 92.8 Å². The van der Waals surface area contributed by atoms with Crippen molar-refractivity contribution in [3.63, 3.8) is 0 Å². The maximum atomic E-state index is 10.3. The van der Waals surface area contributed by atoms with E-state index in [9.17, 15) is 4.79 Å². The molecule has 1 amide bonds. The van der Waals surface area contributed by atoms with E-state index >= 15 is 0 Å². The third kappa shape index (κ3) is 2.55. The Balaban J connectivity index is 2.68. The Bertz CT molecular complexity index is 324. The molecule has 1 rings (SSSR count). The number of carbonyl (C=O) groups is 1. The van der Waals surface area contributed by atoms with E-state index < -0.39 is 5.91 Å². The van der Waals surface area contributed by atoms with E-state index in [1.165, 1.54) is 18.2 Å². The molecule has 0 fully saturated rings. The van der Waals surface area contributed by atoms with Gasteiger partial charge in [0.05, 0.1) is 0 Å². The number of primary amides is 1. The van der Waals surface area contributed by atoms with Gasteiger partial charge in [-0.05, 0) is 12.1 Å². The minimum Gasteiger partial charge on any atom is -0.504 e. The van der Waals surface area contributed by atoms with E-state index in [1.54, 1.807) is 0 Å². The second-order valence-electron chi connectivity index (χ2n) is 2.41. The molecule has 0 saturated carbocycles. The van der Waals surface area contributed by atoms with Crippen molar-refractivity contribution in [2.24, 2.45) is 5.73 Å². The fourth-order valence-corrected chi connectivity index (χ4v) is 0.747. The quantitative estimate of drug-likeness (QED) is 0.573. The van der Waals surface area contributed by atoms with Gasteiger partial charge < -0.3 is 20.7 Å². The summed E-state index contributed by atoms with van der Waals surface area (Å²) in [6.07, 6.45) is 0. The Kier molecular flexibility index (Phi) is 2.59. The summed E-state index contributed by atoms with van der Waals surface area (Å²) < 4.78 is 4.86. The monoisotopic (exact) mass is 183 g/mol. The summed E-state index contributed by atoms with van der Waals surface area (Å²) in [5, 5.41) is 17.9. The van der Waals surface area contributed by atoms with E-state index in [-0.39, 0.29) is 23.9 Å². The van der Waals surface area contributed by atoms with E-state index in [0.717, 1.165) is 0 Å². The molecule has 5 nitrogen and oxygen atoms in total. The Morgan fingerprint density at radius 1 is 1.38 bits per heavy atom. The van der Waals surface area contributed by atoms with Crippen LogP contribution >= 0.6 is 0 Å². The SMILES string of the molecule is NC(=O)COc1ccc(O)c(O)c1. The van der Waals surface area contributed by atoms with Crippen LogP contribution in [0, 0.1) is 0 Å². The Hall–Kier alpha value is -1.91. The molecular weight excluding hydrogens is 174 g/mol. The Labute approximate surface area is 74.4 Å². The maximum Gasteiger partial charge on any atom is 0.255 e. The minimum absolute atomic E-state index is 0.244. The molecule has 1 aromatic rings. The number of carbonyl (C=O) groups excluding carboxylic acids is 1. The third-order valence-electron chi connectivity index (χ3n) is 1.33. The number of phenolic OH excluding ortho intramolecular Hbond substituents is 2. The summed E-state index contributed by atoms with van der Waals surface area (Å²) in [4.78, 5) is 10.3. The van der Waals surface area contributed by atoms with Gasteiger partial charge in [0.15, 0.2) is 18.1 Å². The molecule has 0 bridgehead atoms. The molecule has 0 aromatic heterocycles. The van der Waals surface area contributed by atoms with Gasteiger partial charge in [-0.15, -0.1) is 0 Å². The van der Waals surface area contributed by atoms with Crippen molar-refractivity contribution in [1.29, 1.82) is 0 Å². The highest BCUT2D eigenvalue weighted by molar-refractivity contribution is 5.75. The first kappa shape index (κ1) is 9.18. The molecule has 0 heterocycles. The summed E-state index contributed by atoms with van der Waals surface area (Å²) in [6.45, 7) is -0.260. The first-order valence-electron chi connectivity index (χ1n) is 3.52. The number of hydrogen-bond acceptors (Lipinski definition) is 4. The number of rotatable bonds is 3. The van der Waals surface area contributed by atoms with Crippen molar-refractivity contribution >= 4 is 5.91 Å². The normalized spacial score (nSPS) is 9.54. The van der Waals surface area contributed by atoms with Crippen LogP contribution in [0.25, 0.3) is 0 Å². The van der Waals surface area contributed by atoms with Crippen LogP contribution in [0.2, 0.25) is 0 Å². The van der Waals surface area contributed by atoms with Gasteiger partial charge in [-0.2, -0.15) is 0 Å². The molecule has 1 aromatic carbocycles. The van der Waals surface area contributed by atoms with Crippen LogP contribution in [0.4, 0.5) is 0 Å². The van der Waals surface area contributed by atoms with Gasteiger partial charge in [-0.1, -0.05) is 0 Å². The van der Waals surface area contributed by atoms with Crippen molar-refractivity contribution in [1.82, 2.24) is 0 Å². The van der Waals surface area contributed by atoms with Crippen molar-refractivity contribution in [3.05, 3.63) is 18.2 Å². The molecule has 0 saturated heterocycles. The average Bonchev–Trinajstić information content (AvgIpc) is 2.07. The van der Waals surface area contributed by atoms with E-state index in [4.69, 9.17) is 20.7 Å². The summed E-state index contributed by atoms with van der Waals surface area (Å²) in [6, 6.07) is 3.86. The van der Waals surface area contributed by atoms with Crippen LogP contribution in [0.3, 0.4) is 0 Å². The zero-order valence-corrected chi connectivity index (χ0v) is 6.73. The van der Waals surface area contributed by atoms with Crippen LogP contribution in [0.1, 0.15) is 0 Å². The number of ether oxygens (including phenoxy) is 1. The summed E-state index contributed by atoms with van der Waals surface area (Å²) in [7, 11) is 0. The largest absolute Gasteiger partial charge is 0.504 e. The molecule has 0 unspecified atom stereocenters. The molecule has 13 heavy (non-hydrogen) atoms. The van der Waals surface area contributed by atoms with Crippen LogP contribution in [0.5, 0.6) is 17.2 Å². The minimum atomic E-state index is -0.604. The second-order valence-corrected chi connectivity index (χ2v) is 2.41. The van der Waals surface area contributed by atoms with Gasteiger partial charge in [0.2, 0.25) is 0 Å². The van der Waals surface area contributed by atoms with Gasteiger partial charge in [-0.25, -0.2) is 0 Å². The standard InChI is InChI=1S/C8H9NO4/c9-8(12)4-13-5-1-2-6(10)7(11)3-5/h1-3,10-11H,4H2,(H2,9,12). The molecule has 4 N–H and O–H groups in total. The van der Waals surface area contributed by atoms with Gasteiger partial charge in [-0.3, -0.25) is 4.79 Å². The highest BCUT2D eigenvalue weighted by atomic mass is 16.5. The number of amides is 1. The number of nitrogens with two attached hydrogens (primary N) is 1. The number of phenols is 2. The lowest BCUT2D eigenvalue weighted by Crippen LogP contribution is -2.19. The summed E-state index contributed by atoms with van der Waals surface area (Å²) in [5.41, 5.74) is 4.83.